The Bertz CT molecular complexity index is 829. The normalized spacial score (nSPS) is 20.1. The lowest BCUT2D eigenvalue weighted by Gasteiger charge is -2.32. The summed E-state index contributed by atoms with van der Waals surface area (Å²) in [5, 5.41) is 8.62. The molecular weight excluding hydrogens is 376 g/mol. The quantitative estimate of drug-likeness (QED) is 0.790. The summed E-state index contributed by atoms with van der Waals surface area (Å²) in [4.78, 5) is 17.1. The van der Waals surface area contributed by atoms with Crippen molar-refractivity contribution in [1.82, 2.24) is 14.8 Å². The van der Waals surface area contributed by atoms with E-state index >= 15 is 0 Å². The second-order valence-electron chi connectivity index (χ2n) is 5.62. The number of anilines is 1. The van der Waals surface area contributed by atoms with Crippen LogP contribution in [0.3, 0.4) is 0 Å². The Morgan fingerprint density at radius 2 is 2.26 bits per heavy atom. The summed E-state index contributed by atoms with van der Waals surface area (Å²) in [6.07, 6.45) is 4.32. The molecule has 118 valence electrons. The van der Waals surface area contributed by atoms with Crippen LogP contribution >= 0.6 is 27.7 Å². The van der Waals surface area contributed by atoms with Gasteiger partial charge in [0.1, 0.15) is 6.04 Å². The third kappa shape index (κ3) is 2.52. The first-order valence-electron chi connectivity index (χ1n) is 7.46. The molecule has 1 aliphatic carbocycles. The Kier molecular flexibility index (Phi) is 3.77. The van der Waals surface area contributed by atoms with Crippen LogP contribution in [0, 0.1) is 0 Å². The first-order chi connectivity index (χ1) is 11.2. The van der Waals surface area contributed by atoms with Crippen LogP contribution in [0.5, 0.6) is 0 Å². The van der Waals surface area contributed by atoms with E-state index in [1.165, 1.54) is 11.8 Å². The van der Waals surface area contributed by atoms with E-state index in [1.807, 2.05) is 35.2 Å². The van der Waals surface area contributed by atoms with Crippen LogP contribution in [0.4, 0.5) is 5.95 Å². The van der Waals surface area contributed by atoms with Crippen LogP contribution in [0.2, 0.25) is 0 Å². The summed E-state index contributed by atoms with van der Waals surface area (Å²) in [5.41, 5.74) is 2.88. The maximum Gasteiger partial charge on any atom is 0.227 e. The van der Waals surface area contributed by atoms with Crippen LogP contribution < -0.4 is 5.32 Å². The van der Waals surface area contributed by atoms with Gasteiger partial charge in [0.25, 0.3) is 0 Å². The number of allylic oxidation sites excluding steroid dienone is 2. The number of Topliss-reactive ketones (excluding diaryl/α,β-unsaturated/α-hetero) is 1. The molecule has 0 saturated carbocycles. The monoisotopic (exact) mass is 390 g/mol. The number of hydrogen-bond donors (Lipinski definition) is 1. The molecule has 0 amide bonds. The molecule has 0 spiro atoms. The predicted molar refractivity (Wildman–Crippen MR) is 93.6 cm³/mol. The smallest absolute Gasteiger partial charge is 0.227 e. The summed E-state index contributed by atoms with van der Waals surface area (Å²) >= 11 is 5.03. The standard InChI is InChI=1S/C16H15BrN4OS/c1-23-16-19-15-18-11-6-3-7-12(22)13(11)14(21(15)20-16)9-4-2-5-10(17)8-9/h2,4-5,8,14H,3,6-7H2,1H3,(H,18,19,20)/t14-/m0/s1. The third-order valence-electron chi connectivity index (χ3n) is 4.20. The van der Waals surface area contributed by atoms with Crippen LogP contribution in [-0.2, 0) is 4.79 Å². The highest BCUT2D eigenvalue weighted by atomic mass is 79.9. The minimum atomic E-state index is -0.208. The van der Waals surface area contributed by atoms with Crippen molar-refractivity contribution >= 4 is 39.4 Å². The van der Waals surface area contributed by atoms with E-state index < -0.39 is 0 Å². The summed E-state index contributed by atoms with van der Waals surface area (Å²) in [6.45, 7) is 0. The highest BCUT2D eigenvalue weighted by Crippen LogP contribution is 2.40. The Morgan fingerprint density at radius 1 is 1.39 bits per heavy atom. The van der Waals surface area contributed by atoms with Gasteiger partial charge in [-0.05, 0) is 36.8 Å². The Balaban J connectivity index is 1.92. The summed E-state index contributed by atoms with van der Waals surface area (Å²) in [6, 6.07) is 7.85. The Labute approximate surface area is 146 Å². The van der Waals surface area contributed by atoms with Crippen molar-refractivity contribution < 1.29 is 4.79 Å². The topological polar surface area (TPSA) is 59.8 Å². The molecule has 1 N–H and O–H groups in total. The molecule has 2 aliphatic rings. The van der Waals surface area contributed by atoms with E-state index in [4.69, 9.17) is 0 Å². The molecular formula is C16H15BrN4OS. The van der Waals surface area contributed by atoms with Gasteiger partial charge < -0.3 is 5.32 Å². The van der Waals surface area contributed by atoms with Crippen molar-refractivity contribution in [3.05, 3.63) is 45.6 Å². The van der Waals surface area contributed by atoms with E-state index in [1.54, 1.807) is 0 Å². The zero-order valence-electron chi connectivity index (χ0n) is 12.5. The number of carbonyl (C=O) groups is 1. The molecule has 7 heteroatoms. The van der Waals surface area contributed by atoms with Crippen molar-refractivity contribution in [3.8, 4) is 0 Å². The number of halogens is 1. The number of nitrogens with one attached hydrogen (secondary N) is 1. The fourth-order valence-electron chi connectivity index (χ4n) is 3.21. The fraction of sp³-hybridized carbons (Fsp3) is 0.312. The van der Waals surface area contributed by atoms with E-state index in [0.717, 1.165) is 34.1 Å². The molecule has 0 fully saturated rings. The SMILES string of the molecule is CSc1nc2n(n1)[C@@H](c1cccc(Br)c1)C1=C(CCCC1=O)N2. The molecule has 5 nitrogen and oxygen atoms in total. The molecule has 0 radical (unpaired) electrons. The molecule has 0 saturated heterocycles. The number of thioether (sulfide) groups is 1. The number of hydrogen-bond acceptors (Lipinski definition) is 5. The molecule has 1 aliphatic heterocycles. The van der Waals surface area contributed by atoms with E-state index in [9.17, 15) is 4.79 Å². The molecule has 2 aromatic rings. The third-order valence-corrected chi connectivity index (χ3v) is 5.23. The van der Waals surface area contributed by atoms with Crippen LogP contribution in [0.15, 0.2) is 45.2 Å². The molecule has 4 rings (SSSR count). The molecule has 23 heavy (non-hydrogen) atoms. The van der Waals surface area contributed by atoms with Crippen LogP contribution in [0.25, 0.3) is 0 Å². The van der Waals surface area contributed by atoms with Crippen LogP contribution in [-0.4, -0.2) is 26.8 Å². The van der Waals surface area contributed by atoms with Gasteiger partial charge in [0.05, 0.1) is 0 Å². The van der Waals surface area contributed by atoms with Gasteiger partial charge in [-0.1, -0.05) is 39.8 Å². The Hall–Kier alpha value is -1.60. The zero-order valence-corrected chi connectivity index (χ0v) is 14.9. The first-order valence-corrected chi connectivity index (χ1v) is 9.48. The fourth-order valence-corrected chi connectivity index (χ4v) is 3.97. The average Bonchev–Trinajstić information content (AvgIpc) is 2.96. The Morgan fingerprint density at radius 3 is 3.04 bits per heavy atom. The number of aromatic nitrogens is 3. The molecule has 1 aromatic carbocycles. The molecule has 0 bridgehead atoms. The number of fused-ring (bicyclic) bond motifs is 1. The lowest BCUT2D eigenvalue weighted by atomic mass is 9.85. The summed E-state index contributed by atoms with van der Waals surface area (Å²) in [7, 11) is 0. The number of ketones is 1. The van der Waals surface area contributed by atoms with Crippen molar-refractivity contribution in [1.29, 1.82) is 0 Å². The average molecular weight is 391 g/mol. The van der Waals surface area contributed by atoms with Crippen molar-refractivity contribution in [2.24, 2.45) is 0 Å². The van der Waals surface area contributed by atoms with Gasteiger partial charge in [0, 0.05) is 22.2 Å². The maximum atomic E-state index is 12.6. The maximum absolute atomic E-state index is 12.6. The van der Waals surface area contributed by atoms with Gasteiger partial charge in [-0.3, -0.25) is 4.79 Å². The van der Waals surface area contributed by atoms with Crippen molar-refractivity contribution in [3.63, 3.8) is 0 Å². The number of nitrogens with zero attached hydrogens (tertiary/aromatic N) is 3. The summed E-state index contributed by atoms with van der Waals surface area (Å²) in [5.74, 6) is 0.920. The summed E-state index contributed by atoms with van der Waals surface area (Å²) < 4.78 is 2.83. The van der Waals surface area contributed by atoms with Gasteiger partial charge >= 0.3 is 0 Å². The molecule has 0 unspecified atom stereocenters. The number of benzene rings is 1. The van der Waals surface area contributed by atoms with Crippen LogP contribution in [0.1, 0.15) is 30.9 Å². The van der Waals surface area contributed by atoms with E-state index in [2.05, 4.69) is 31.3 Å². The minimum absolute atomic E-state index is 0.204. The number of rotatable bonds is 2. The highest BCUT2D eigenvalue weighted by molar-refractivity contribution is 9.10. The first kappa shape index (κ1) is 15.0. The zero-order chi connectivity index (χ0) is 16.0. The number of carbonyl (C=O) groups excluding carboxylic acids is 1. The lowest BCUT2D eigenvalue weighted by molar-refractivity contribution is -0.116. The predicted octanol–water partition coefficient (Wildman–Crippen LogP) is 3.78. The van der Waals surface area contributed by atoms with E-state index in [-0.39, 0.29) is 11.8 Å². The highest BCUT2D eigenvalue weighted by Gasteiger charge is 2.36. The largest absolute Gasteiger partial charge is 0.328 e. The van der Waals surface area contributed by atoms with Gasteiger partial charge in [-0.2, -0.15) is 4.98 Å². The lowest BCUT2D eigenvalue weighted by Crippen LogP contribution is -2.31. The van der Waals surface area contributed by atoms with Crippen molar-refractivity contribution in [2.45, 2.75) is 30.5 Å². The van der Waals surface area contributed by atoms with E-state index in [0.29, 0.717) is 17.5 Å². The second kappa shape index (κ2) is 5.79. The van der Waals surface area contributed by atoms with Gasteiger partial charge in [0.15, 0.2) is 5.78 Å². The molecule has 1 atom stereocenters. The molecule has 1 aromatic heterocycles. The van der Waals surface area contributed by atoms with Gasteiger partial charge in [-0.25, -0.2) is 4.68 Å². The van der Waals surface area contributed by atoms with Crippen molar-refractivity contribution in [2.75, 3.05) is 11.6 Å². The van der Waals surface area contributed by atoms with Gasteiger partial charge in [0.2, 0.25) is 11.1 Å². The molecule has 2 heterocycles. The minimum Gasteiger partial charge on any atom is -0.328 e. The second-order valence-corrected chi connectivity index (χ2v) is 7.31. The van der Waals surface area contributed by atoms with Gasteiger partial charge in [-0.15, -0.1) is 5.10 Å².